The number of hydrogen-bond acceptors (Lipinski definition) is 18. The topological polar surface area (TPSA) is 284 Å². The Kier molecular flexibility index (Phi) is 12.7. The Balaban J connectivity index is 0.963. The first-order valence-electron chi connectivity index (χ1n) is 24.2. The molecule has 5 saturated carbocycles. The first kappa shape index (κ1) is 49.0. The van der Waals surface area contributed by atoms with E-state index in [2.05, 4.69) is 41.5 Å². The average molecular weight is 929 g/mol. The maximum absolute atomic E-state index is 12.5. The molecule has 9 fully saturated rings. The Morgan fingerprint density at radius 1 is 0.615 bits per heavy atom. The Labute approximate surface area is 380 Å². The van der Waals surface area contributed by atoms with Crippen molar-refractivity contribution in [3.8, 4) is 0 Å². The number of aliphatic hydroxyl groups is 10. The van der Waals surface area contributed by atoms with Gasteiger partial charge in [-0.05, 0) is 98.2 Å². The van der Waals surface area contributed by atoms with Crippen molar-refractivity contribution in [1.29, 1.82) is 0 Å². The van der Waals surface area contributed by atoms with Crippen molar-refractivity contribution in [1.82, 2.24) is 0 Å². The van der Waals surface area contributed by atoms with Gasteiger partial charge in [0.25, 0.3) is 0 Å². The zero-order valence-electron chi connectivity index (χ0n) is 38.7. The minimum atomic E-state index is -1.82. The largest absolute Gasteiger partial charge is 0.394 e. The van der Waals surface area contributed by atoms with Crippen molar-refractivity contribution < 1.29 is 89.0 Å². The van der Waals surface area contributed by atoms with Gasteiger partial charge in [-0.25, -0.2) is 0 Å². The summed E-state index contributed by atoms with van der Waals surface area (Å²) in [5.41, 5.74) is -2.30. The summed E-state index contributed by atoms with van der Waals surface area (Å²) in [5, 5.41) is 108. The Bertz CT molecular complexity index is 1750. The SMILES string of the molecule is CC1(C)[C@@H](O[C@@H]2OC[C@H](O[C@@H]3O[C@H](CO)[C@@H](O)[C@H](O)[C@H]3O)[C@H](O)[C@H]2O[C@@H]2O[C@H](CO)[C@@H](O)[C@H](O)[C@H]2O)CC[C@]2(C)[C@H]3CC[C@]45OC[C@@]6(CC[C@](C)(C=O)C[C@H]64)[C@H](O)C[C@@]5(C)[C@]3(C)CC[C@@H]12. The van der Waals surface area contributed by atoms with Crippen LogP contribution < -0.4 is 0 Å². The molecule has 0 aromatic carbocycles. The fraction of sp³-hybridized carbons (Fsp3) is 0.979. The number of carbonyl (C=O) groups is 1. The summed E-state index contributed by atoms with van der Waals surface area (Å²) in [4.78, 5) is 12.5. The van der Waals surface area contributed by atoms with Crippen LogP contribution in [-0.2, 0) is 38.0 Å². The third kappa shape index (κ3) is 7.00. The highest BCUT2D eigenvalue weighted by atomic mass is 16.8. The van der Waals surface area contributed by atoms with Crippen molar-refractivity contribution in [2.45, 2.75) is 210 Å². The second-order valence-electron chi connectivity index (χ2n) is 23.4. The molecule has 4 heterocycles. The molecule has 5 aliphatic carbocycles. The first-order valence-corrected chi connectivity index (χ1v) is 24.2. The van der Waals surface area contributed by atoms with Crippen LogP contribution in [0.4, 0.5) is 0 Å². The molecule has 18 heteroatoms. The van der Waals surface area contributed by atoms with Crippen LogP contribution in [0.15, 0.2) is 0 Å². The molecular weight excluding hydrogens is 852 g/mol. The van der Waals surface area contributed by atoms with E-state index in [1.807, 2.05) is 0 Å². The minimum absolute atomic E-state index is 0.0998. The standard InChI is InChI=1S/C47H76O18/c1-41(2)25-7-11-44(5)26(8-12-47-27-15-42(3,20-50)13-14-46(27,21-60-47)28(51)16-45(44,47)6)43(25,4)10-9-29(41)64-40-37(65-39-36(58)34(56)31(53)23(18-49)62-39)32(54)24(19-59-40)63-38-35(57)33(55)30(52)22(17-48)61-38/h20,22-40,48-49,51-58H,7-19,21H2,1-6H3/t22-,23-,24+,25+,26-,27-,28-,29+,30-,31-,32+,33+,34+,35-,36-,37-,38+,39+,40+,42+,43+,44-,45+,46-,47+/m1/s1. The zero-order valence-corrected chi connectivity index (χ0v) is 38.7. The predicted octanol–water partition coefficient (Wildman–Crippen LogP) is -0.357. The van der Waals surface area contributed by atoms with E-state index in [4.69, 9.17) is 33.2 Å². The van der Waals surface area contributed by atoms with Gasteiger partial charge in [0.15, 0.2) is 18.9 Å². The molecular formula is C47H76O18. The summed E-state index contributed by atoms with van der Waals surface area (Å²) in [7, 11) is 0. The van der Waals surface area contributed by atoms with Crippen LogP contribution in [-0.4, -0.2) is 188 Å². The molecule has 25 atom stereocenters. The third-order valence-corrected chi connectivity index (χ3v) is 20.2. The Morgan fingerprint density at radius 2 is 1.23 bits per heavy atom. The summed E-state index contributed by atoms with van der Waals surface area (Å²) in [6.45, 7) is 12.5. The average Bonchev–Trinajstić information content (AvgIpc) is 3.55. The van der Waals surface area contributed by atoms with Crippen molar-refractivity contribution in [3.05, 3.63) is 0 Å². The molecule has 9 aliphatic rings. The highest BCUT2D eigenvalue weighted by Gasteiger charge is 2.80. The van der Waals surface area contributed by atoms with E-state index in [-0.39, 0.29) is 40.1 Å². The summed E-state index contributed by atoms with van der Waals surface area (Å²) in [6.07, 6.45) is -13.9. The molecule has 4 saturated heterocycles. The summed E-state index contributed by atoms with van der Waals surface area (Å²) in [5.74, 6) is 0.572. The van der Waals surface area contributed by atoms with Crippen molar-refractivity contribution in [2.24, 2.45) is 50.2 Å². The second-order valence-corrected chi connectivity index (χ2v) is 23.4. The van der Waals surface area contributed by atoms with Crippen LogP contribution in [0.1, 0.15) is 106 Å². The number of rotatable bonds is 9. The third-order valence-electron chi connectivity index (χ3n) is 20.2. The molecule has 0 amide bonds. The Hall–Kier alpha value is -1.01. The number of aliphatic hydroxyl groups excluding tert-OH is 10. The highest BCUT2D eigenvalue weighted by molar-refractivity contribution is 5.59. The molecule has 0 aromatic heterocycles. The fourth-order valence-electron chi connectivity index (χ4n) is 16.2. The van der Waals surface area contributed by atoms with Gasteiger partial charge >= 0.3 is 0 Å². The summed E-state index contributed by atoms with van der Waals surface area (Å²) in [6, 6.07) is 0. The maximum Gasteiger partial charge on any atom is 0.187 e. The lowest BCUT2D eigenvalue weighted by atomic mass is 9.30. The van der Waals surface area contributed by atoms with Gasteiger partial charge in [0.1, 0.15) is 73.4 Å². The van der Waals surface area contributed by atoms with E-state index >= 15 is 0 Å². The van der Waals surface area contributed by atoms with Crippen LogP contribution in [0, 0.1) is 50.2 Å². The van der Waals surface area contributed by atoms with E-state index in [1.54, 1.807) is 0 Å². The smallest absolute Gasteiger partial charge is 0.187 e. The summed E-state index contributed by atoms with van der Waals surface area (Å²) >= 11 is 0. The van der Waals surface area contributed by atoms with Gasteiger partial charge < -0.3 is 89.0 Å². The molecule has 372 valence electrons. The molecule has 9 rings (SSSR count). The predicted molar refractivity (Wildman–Crippen MR) is 224 cm³/mol. The van der Waals surface area contributed by atoms with Crippen LogP contribution in [0.5, 0.6) is 0 Å². The minimum Gasteiger partial charge on any atom is -0.394 e. The number of aldehydes is 1. The van der Waals surface area contributed by atoms with E-state index in [0.717, 1.165) is 57.7 Å². The number of ether oxygens (including phenoxy) is 7. The highest BCUT2D eigenvalue weighted by Crippen LogP contribution is 2.80. The van der Waals surface area contributed by atoms with Crippen LogP contribution in [0.2, 0.25) is 0 Å². The number of carbonyl (C=O) groups excluding carboxylic acids is 1. The molecule has 0 radical (unpaired) electrons. The molecule has 2 bridgehead atoms. The van der Waals surface area contributed by atoms with Gasteiger partial charge in [-0.3, -0.25) is 0 Å². The van der Waals surface area contributed by atoms with E-state index < -0.39 is 128 Å². The normalized spacial score (nSPS) is 58.5. The van der Waals surface area contributed by atoms with Gasteiger partial charge in [-0.15, -0.1) is 0 Å². The monoisotopic (exact) mass is 929 g/mol. The van der Waals surface area contributed by atoms with Gasteiger partial charge in [-0.1, -0.05) is 41.5 Å². The van der Waals surface area contributed by atoms with Crippen LogP contribution in [0.3, 0.4) is 0 Å². The molecule has 10 N–H and O–H groups in total. The van der Waals surface area contributed by atoms with Gasteiger partial charge in [0.05, 0.1) is 44.2 Å². The van der Waals surface area contributed by atoms with E-state index in [0.29, 0.717) is 25.4 Å². The number of hydrogen-bond donors (Lipinski definition) is 10. The fourth-order valence-corrected chi connectivity index (χ4v) is 16.2. The quantitative estimate of drug-likeness (QED) is 0.104. The molecule has 1 spiro atoms. The van der Waals surface area contributed by atoms with Gasteiger partial charge in [0, 0.05) is 16.2 Å². The van der Waals surface area contributed by atoms with E-state index in [1.165, 1.54) is 0 Å². The van der Waals surface area contributed by atoms with Crippen molar-refractivity contribution in [2.75, 3.05) is 26.4 Å². The molecule has 18 nitrogen and oxygen atoms in total. The summed E-state index contributed by atoms with van der Waals surface area (Å²) < 4.78 is 43.7. The van der Waals surface area contributed by atoms with Crippen LogP contribution in [0.25, 0.3) is 0 Å². The van der Waals surface area contributed by atoms with Crippen molar-refractivity contribution >= 4 is 6.29 Å². The molecule has 0 unspecified atom stereocenters. The molecule has 4 aliphatic heterocycles. The van der Waals surface area contributed by atoms with Crippen LogP contribution >= 0.6 is 0 Å². The first-order chi connectivity index (χ1) is 30.5. The zero-order chi connectivity index (χ0) is 47.0. The molecule has 65 heavy (non-hydrogen) atoms. The second kappa shape index (κ2) is 16.8. The molecule has 0 aromatic rings. The van der Waals surface area contributed by atoms with Gasteiger partial charge in [-0.2, -0.15) is 0 Å². The lowest BCUT2D eigenvalue weighted by Crippen LogP contribution is -2.74. The lowest BCUT2D eigenvalue weighted by molar-refractivity contribution is -0.383. The lowest BCUT2D eigenvalue weighted by Gasteiger charge is -2.75. The van der Waals surface area contributed by atoms with Crippen molar-refractivity contribution in [3.63, 3.8) is 0 Å². The Morgan fingerprint density at radius 3 is 1.85 bits per heavy atom. The number of fused-ring (bicyclic) bond motifs is 4. The van der Waals surface area contributed by atoms with Gasteiger partial charge in [0.2, 0.25) is 0 Å². The maximum atomic E-state index is 12.5. The van der Waals surface area contributed by atoms with E-state index in [9.17, 15) is 55.9 Å².